The smallest absolute Gasteiger partial charge is 0.273 e. The molecule has 0 atom stereocenters. The predicted molar refractivity (Wildman–Crippen MR) is 79.3 cm³/mol. The van der Waals surface area contributed by atoms with Crippen LogP contribution in [0.3, 0.4) is 0 Å². The molecular formula is C15H9ClN4O. The van der Waals surface area contributed by atoms with Crippen LogP contribution in [0.25, 0.3) is 17.1 Å². The summed E-state index contributed by atoms with van der Waals surface area (Å²) in [5.41, 5.74) is 1.61. The Labute approximate surface area is 125 Å². The van der Waals surface area contributed by atoms with Gasteiger partial charge in [0.1, 0.15) is 0 Å². The van der Waals surface area contributed by atoms with Crippen molar-refractivity contribution in [1.29, 1.82) is 5.26 Å². The van der Waals surface area contributed by atoms with Gasteiger partial charge in [0.05, 0.1) is 17.3 Å². The highest BCUT2D eigenvalue weighted by Crippen LogP contribution is 2.20. The van der Waals surface area contributed by atoms with Crippen LogP contribution < -0.4 is 5.56 Å². The Hall–Kier alpha value is -2.84. The van der Waals surface area contributed by atoms with Gasteiger partial charge in [0.25, 0.3) is 5.56 Å². The minimum Gasteiger partial charge on any atom is -0.289 e. The molecule has 3 rings (SSSR count). The number of halogens is 1. The highest BCUT2D eigenvalue weighted by Gasteiger charge is 2.08. The van der Waals surface area contributed by atoms with Gasteiger partial charge in [-0.2, -0.15) is 5.26 Å². The fourth-order valence-corrected chi connectivity index (χ4v) is 2.17. The molecule has 0 aliphatic rings. The summed E-state index contributed by atoms with van der Waals surface area (Å²) in [6, 6.07) is 13.8. The van der Waals surface area contributed by atoms with Crippen LogP contribution in [0.4, 0.5) is 0 Å². The molecule has 0 aliphatic carbocycles. The van der Waals surface area contributed by atoms with E-state index >= 15 is 0 Å². The van der Waals surface area contributed by atoms with Crippen molar-refractivity contribution < 1.29 is 0 Å². The molecule has 0 unspecified atom stereocenters. The van der Waals surface area contributed by atoms with E-state index in [4.69, 9.17) is 16.9 Å². The number of aromatic nitrogens is 3. The van der Waals surface area contributed by atoms with Crippen molar-refractivity contribution >= 4 is 11.6 Å². The van der Waals surface area contributed by atoms with Crippen molar-refractivity contribution in [3.05, 3.63) is 69.6 Å². The zero-order chi connectivity index (χ0) is 14.8. The van der Waals surface area contributed by atoms with Crippen molar-refractivity contribution in [2.45, 2.75) is 0 Å². The fourth-order valence-electron chi connectivity index (χ4n) is 1.98. The number of nitriles is 1. The summed E-state index contributed by atoms with van der Waals surface area (Å²) in [6.45, 7) is 0. The van der Waals surface area contributed by atoms with E-state index in [1.165, 1.54) is 16.9 Å². The number of pyridine rings is 1. The summed E-state index contributed by atoms with van der Waals surface area (Å²) in [5, 5.41) is 12.5. The molecule has 2 aromatic heterocycles. The molecular weight excluding hydrogens is 288 g/mol. The molecule has 6 heteroatoms. The number of nitrogens with one attached hydrogen (secondary N) is 1. The van der Waals surface area contributed by atoms with E-state index in [2.05, 4.69) is 10.1 Å². The van der Waals surface area contributed by atoms with Gasteiger partial charge in [0.2, 0.25) is 0 Å². The Morgan fingerprint density at radius 2 is 2.10 bits per heavy atom. The Bertz CT molecular complexity index is 904. The van der Waals surface area contributed by atoms with E-state index in [9.17, 15) is 4.79 Å². The van der Waals surface area contributed by atoms with E-state index in [0.717, 1.165) is 5.56 Å². The van der Waals surface area contributed by atoms with Gasteiger partial charge >= 0.3 is 0 Å². The molecule has 0 fully saturated rings. The van der Waals surface area contributed by atoms with E-state index < -0.39 is 0 Å². The Morgan fingerprint density at radius 1 is 1.24 bits per heavy atom. The van der Waals surface area contributed by atoms with Crippen LogP contribution in [0.2, 0.25) is 5.02 Å². The van der Waals surface area contributed by atoms with Gasteiger partial charge in [-0.3, -0.25) is 9.89 Å². The Kier molecular flexibility index (Phi) is 3.30. The summed E-state index contributed by atoms with van der Waals surface area (Å²) in [6.07, 6.45) is 1.49. The minimum atomic E-state index is -0.257. The van der Waals surface area contributed by atoms with Crippen LogP contribution in [-0.2, 0) is 0 Å². The number of rotatable bonds is 2. The molecule has 3 aromatic rings. The third-order valence-electron chi connectivity index (χ3n) is 2.96. The second-order valence-corrected chi connectivity index (χ2v) is 4.80. The second-order valence-electron chi connectivity index (χ2n) is 4.37. The molecule has 1 aromatic carbocycles. The second kappa shape index (κ2) is 5.27. The first-order chi connectivity index (χ1) is 10.2. The van der Waals surface area contributed by atoms with Crippen molar-refractivity contribution in [2.24, 2.45) is 0 Å². The van der Waals surface area contributed by atoms with E-state index in [1.54, 1.807) is 24.3 Å². The van der Waals surface area contributed by atoms with Crippen LogP contribution in [0.15, 0.2) is 53.5 Å². The first-order valence-electron chi connectivity index (χ1n) is 6.12. The van der Waals surface area contributed by atoms with Crippen LogP contribution in [0.5, 0.6) is 0 Å². The Balaban J connectivity index is 2.10. The van der Waals surface area contributed by atoms with Crippen molar-refractivity contribution in [2.75, 3.05) is 0 Å². The average Bonchev–Trinajstić information content (AvgIpc) is 2.89. The van der Waals surface area contributed by atoms with Gasteiger partial charge in [-0.25, -0.2) is 9.67 Å². The minimum absolute atomic E-state index is 0.257. The van der Waals surface area contributed by atoms with Gasteiger partial charge in [0, 0.05) is 28.9 Å². The maximum Gasteiger partial charge on any atom is 0.273 e. The van der Waals surface area contributed by atoms with Gasteiger partial charge in [0.15, 0.2) is 5.82 Å². The largest absolute Gasteiger partial charge is 0.289 e. The third-order valence-corrected chi connectivity index (χ3v) is 3.19. The van der Waals surface area contributed by atoms with Crippen LogP contribution in [-0.4, -0.2) is 14.8 Å². The molecule has 21 heavy (non-hydrogen) atoms. The number of hydrogen-bond acceptors (Lipinski definition) is 3. The maximum atomic E-state index is 12.1. The standard InChI is InChI=1S/C15H9ClN4O/c16-12-3-1-2-11(7-12)13-8-15(21)20(19-13)14-6-10(9-17)4-5-18-14/h1-8,19H. The predicted octanol–water partition coefficient (Wildman–Crippen LogP) is 2.75. The molecule has 0 radical (unpaired) electrons. The first kappa shape index (κ1) is 13.2. The van der Waals surface area contributed by atoms with Crippen molar-refractivity contribution in [3.63, 3.8) is 0 Å². The molecule has 0 amide bonds. The summed E-state index contributed by atoms with van der Waals surface area (Å²) < 4.78 is 1.29. The van der Waals surface area contributed by atoms with Crippen LogP contribution in [0, 0.1) is 11.3 Å². The van der Waals surface area contributed by atoms with Gasteiger partial charge in [-0.05, 0) is 18.2 Å². The lowest BCUT2D eigenvalue weighted by Crippen LogP contribution is -2.14. The first-order valence-corrected chi connectivity index (χ1v) is 6.50. The summed E-state index contributed by atoms with van der Waals surface area (Å²) in [7, 11) is 0. The SMILES string of the molecule is N#Cc1ccnc(-n2[nH]c(-c3cccc(Cl)c3)cc2=O)c1. The zero-order valence-electron chi connectivity index (χ0n) is 10.7. The third kappa shape index (κ3) is 2.57. The summed E-state index contributed by atoms with van der Waals surface area (Å²) >= 11 is 5.95. The molecule has 102 valence electrons. The van der Waals surface area contributed by atoms with Crippen LogP contribution in [0.1, 0.15) is 5.56 Å². The zero-order valence-corrected chi connectivity index (χ0v) is 11.5. The monoisotopic (exact) mass is 296 g/mol. The lowest BCUT2D eigenvalue weighted by atomic mass is 10.2. The van der Waals surface area contributed by atoms with E-state index in [0.29, 0.717) is 22.1 Å². The number of hydrogen-bond donors (Lipinski definition) is 1. The molecule has 0 spiro atoms. The number of nitrogens with zero attached hydrogens (tertiary/aromatic N) is 3. The van der Waals surface area contributed by atoms with Crippen molar-refractivity contribution in [3.8, 4) is 23.1 Å². The summed E-state index contributed by atoms with van der Waals surface area (Å²) in [4.78, 5) is 16.2. The van der Waals surface area contributed by atoms with Crippen LogP contribution >= 0.6 is 11.6 Å². The molecule has 0 saturated heterocycles. The topological polar surface area (TPSA) is 74.5 Å². The number of H-pyrrole nitrogens is 1. The average molecular weight is 297 g/mol. The lowest BCUT2D eigenvalue weighted by molar-refractivity contribution is 0.821. The van der Waals surface area contributed by atoms with E-state index in [1.807, 2.05) is 18.2 Å². The van der Waals surface area contributed by atoms with Crippen molar-refractivity contribution in [1.82, 2.24) is 14.8 Å². The van der Waals surface area contributed by atoms with Gasteiger partial charge in [-0.1, -0.05) is 23.7 Å². The Morgan fingerprint density at radius 3 is 2.86 bits per heavy atom. The highest BCUT2D eigenvalue weighted by molar-refractivity contribution is 6.30. The van der Waals surface area contributed by atoms with E-state index in [-0.39, 0.29) is 5.56 Å². The number of aromatic amines is 1. The highest BCUT2D eigenvalue weighted by atomic mass is 35.5. The van der Waals surface area contributed by atoms with Gasteiger partial charge in [-0.15, -0.1) is 0 Å². The normalized spacial score (nSPS) is 10.3. The molecule has 0 saturated carbocycles. The molecule has 5 nitrogen and oxygen atoms in total. The lowest BCUT2D eigenvalue weighted by Gasteiger charge is -2.02. The van der Waals surface area contributed by atoms with Gasteiger partial charge < -0.3 is 0 Å². The molecule has 0 bridgehead atoms. The number of benzene rings is 1. The quantitative estimate of drug-likeness (QED) is 0.790. The molecule has 1 N–H and O–H groups in total. The maximum absolute atomic E-state index is 12.1. The fraction of sp³-hybridized carbons (Fsp3) is 0. The summed E-state index contributed by atoms with van der Waals surface area (Å²) in [5.74, 6) is 0.368. The molecule has 2 heterocycles. The molecule has 0 aliphatic heterocycles.